The molecular formula is C14H20Cl2N2O2. The third kappa shape index (κ3) is 3.85. The summed E-state index contributed by atoms with van der Waals surface area (Å²) in [5, 5.41) is 0.571. The first-order valence-corrected chi connectivity index (χ1v) is 6.83. The van der Waals surface area contributed by atoms with Crippen molar-refractivity contribution in [2.75, 3.05) is 20.2 Å². The summed E-state index contributed by atoms with van der Waals surface area (Å²) in [6.45, 7) is 1.12. The van der Waals surface area contributed by atoms with Gasteiger partial charge in [-0.3, -0.25) is 4.79 Å². The lowest BCUT2D eigenvalue weighted by Crippen LogP contribution is -2.51. The molecule has 6 heteroatoms. The summed E-state index contributed by atoms with van der Waals surface area (Å²) < 4.78 is 5.36. The second kappa shape index (κ2) is 7.84. The van der Waals surface area contributed by atoms with E-state index in [1.807, 2.05) is 4.90 Å². The van der Waals surface area contributed by atoms with E-state index < -0.39 is 0 Å². The van der Waals surface area contributed by atoms with Crippen LogP contribution in [0.4, 0.5) is 0 Å². The minimum Gasteiger partial charge on any atom is -0.381 e. The van der Waals surface area contributed by atoms with Crippen LogP contribution in [0.5, 0.6) is 0 Å². The second-order valence-electron chi connectivity index (χ2n) is 4.78. The van der Waals surface area contributed by atoms with Gasteiger partial charge in [0.2, 0.25) is 0 Å². The predicted octanol–water partition coefficient (Wildman–Crippen LogP) is 2.34. The Bertz CT molecular complexity index is 457. The maximum absolute atomic E-state index is 12.5. The number of methoxy groups -OCH3 is 1. The molecule has 1 aromatic rings. The molecule has 0 aliphatic carbocycles. The highest BCUT2D eigenvalue weighted by atomic mass is 35.5. The van der Waals surface area contributed by atoms with Crippen LogP contribution in [0.2, 0.25) is 5.02 Å². The molecule has 1 fully saturated rings. The van der Waals surface area contributed by atoms with E-state index in [2.05, 4.69) is 0 Å². The van der Waals surface area contributed by atoms with Gasteiger partial charge in [-0.25, -0.2) is 0 Å². The maximum Gasteiger partial charge on any atom is 0.254 e. The van der Waals surface area contributed by atoms with Gasteiger partial charge in [-0.1, -0.05) is 17.7 Å². The monoisotopic (exact) mass is 318 g/mol. The van der Waals surface area contributed by atoms with Crippen LogP contribution in [0, 0.1) is 0 Å². The second-order valence-corrected chi connectivity index (χ2v) is 5.22. The van der Waals surface area contributed by atoms with Gasteiger partial charge in [0, 0.05) is 36.8 Å². The van der Waals surface area contributed by atoms with E-state index >= 15 is 0 Å². The van der Waals surface area contributed by atoms with Crippen molar-refractivity contribution in [1.29, 1.82) is 0 Å². The highest BCUT2D eigenvalue weighted by molar-refractivity contribution is 6.30. The van der Waals surface area contributed by atoms with Crippen molar-refractivity contribution in [1.82, 2.24) is 4.90 Å². The van der Waals surface area contributed by atoms with E-state index in [0.717, 1.165) is 12.8 Å². The first-order chi connectivity index (χ1) is 9.15. The molecule has 2 atom stereocenters. The first kappa shape index (κ1) is 17.2. The smallest absolute Gasteiger partial charge is 0.254 e. The molecule has 1 heterocycles. The molecule has 1 saturated heterocycles. The van der Waals surface area contributed by atoms with Gasteiger partial charge in [0.15, 0.2) is 0 Å². The fourth-order valence-electron chi connectivity index (χ4n) is 2.51. The maximum atomic E-state index is 12.5. The number of carbonyl (C=O) groups excluding carboxylic acids is 1. The van der Waals surface area contributed by atoms with Gasteiger partial charge in [0.25, 0.3) is 5.91 Å². The molecule has 1 amide bonds. The van der Waals surface area contributed by atoms with Crippen molar-refractivity contribution in [2.24, 2.45) is 5.73 Å². The standard InChI is InChI=1S/C14H19ClN2O2.ClH/c1-19-13-5-6-17(12(8-13)9-16)14(18)10-3-2-4-11(15)7-10;/h2-4,7,12-13H,5-6,8-9,16H2,1H3;1H. The van der Waals surface area contributed by atoms with Crippen molar-refractivity contribution < 1.29 is 9.53 Å². The molecule has 2 N–H and O–H groups in total. The van der Waals surface area contributed by atoms with Gasteiger partial charge < -0.3 is 15.4 Å². The molecule has 1 aromatic carbocycles. The number of nitrogens with zero attached hydrogens (tertiary/aromatic N) is 1. The van der Waals surface area contributed by atoms with Gasteiger partial charge in [-0.2, -0.15) is 0 Å². The average Bonchev–Trinajstić information content (AvgIpc) is 2.45. The van der Waals surface area contributed by atoms with E-state index in [9.17, 15) is 4.79 Å². The molecule has 0 aromatic heterocycles. The molecule has 112 valence electrons. The van der Waals surface area contributed by atoms with Crippen LogP contribution in [-0.2, 0) is 4.74 Å². The Balaban J connectivity index is 0.00000200. The van der Waals surface area contributed by atoms with Crippen LogP contribution in [0.15, 0.2) is 24.3 Å². The zero-order chi connectivity index (χ0) is 13.8. The Morgan fingerprint density at radius 2 is 2.30 bits per heavy atom. The minimum absolute atomic E-state index is 0. The van der Waals surface area contributed by atoms with E-state index in [0.29, 0.717) is 23.7 Å². The quantitative estimate of drug-likeness (QED) is 0.930. The number of likely N-dealkylation sites (tertiary alicyclic amines) is 1. The van der Waals surface area contributed by atoms with Crippen molar-refractivity contribution in [3.8, 4) is 0 Å². The summed E-state index contributed by atoms with van der Waals surface area (Å²) in [4.78, 5) is 14.3. The molecule has 0 spiro atoms. The minimum atomic E-state index is -0.00694. The summed E-state index contributed by atoms with van der Waals surface area (Å²) >= 11 is 5.93. The normalized spacial score (nSPS) is 22.2. The number of hydrogen-bond donors (Lipinski definition) is 1. The number of amides is 1. The number of nitrogens with two attached hydrogens (primary N) is 1. The Kier molecular flexibility index (Phi) is 6.76. The molecule has 2 unspecified atom stereocenters. The third-order valence-corrected chi connectivity index (χ3v) is 3.84. The molecular weight excluding hydrogens is 299 g/mol. The van der Waals surface area contributed by atoms with Gasteiger partial charge in [-0.05, 0) is 31.0 Å². The lowest BCUT2D eigenvalue weighted by atomic mass is 9.98. The summed E-state index contributed by atoms with van der Waals surface area (Å²) in [6, 6.07) is 7.06. The van der Waals surface area contributed by atoms with E-state index in [4.69, 9.17) is 22.1 Å². The SMILES string of the molecule is COC1CCN(C(=O)c2cccc(Cl)c2)C(CN)C1.Cl. The largest absolute Gasteiger partial charge is 0.381 e. The highest BCUT2D eigenvalue weighted by Crippen LogP contribution is 2.22. The number of carbonyl (C=O) groups is 1. The lowest BCUT2D eigenvalue weighted by molar-refractivity contribution is 0.0139. The molecule has 1 aliphatic heterocycles. The van der Waals surface area contributed by atoms with Gasteiger partial charge in [0.1, 0.15) is 0 Å². The van der Waals surface area contributed by atoms with E-state index in [-0.39, 0.29) is 30.5 Å². The Morgan fingerprint density at radius 1 is 1.55 bits per heavy atom. The number of piperidine rings is 1. The molecule has 1 aliphatic rings. The summed E-state index contributed by atoms with van der Waals surface area (Å²) in [7, 11) is 1.70. The molecule has 4 nitrogen and oxygen atoms in total. The Morgan fingerprint density at radius 3 is 2.90 bits per heavy atom. The number of benzene rings is 1. The van der Waals surface area contributed by atoms with E-state index in [1.165, 1.54) is 0 Å². The zero-order valence-electron chi connectivity index (χ0n) is 11.4. The van der Waals surface area contributed by atoms with Crippen molar-refractivity contribution in [3.63, 3.8) is 0 Å². The van der Waals surface area contributed by atoms with Crippen molar-refractivity contribution in [3.05, 3.63) is 34.9 Å². The van der Waals surface area contributed by atoms with Crippen molar-refractivity contribution in [2.45, 2.75) is 25.0 Å². The topological polar surface area (TPSA) is 55.6 Å². The highest BCUT2D eigenvalue weighted by Gasteiger charge is 2.31. The van der Waals surface area contributed by atoms with E-state index in [1.54, 1.807) is 31.4 Å². The Labute approximate surface area is 130 Å². The van der Waals surface area contributed by atoms with Crippen LogP contribution >= 0.6 is 24.0 Å². The van der Waals surface area contributed by atoms with Gasteiger partial charge in [0.05, 0.1) is 6.10 Å². The molecule has 0 bridgehead atoms. The van der Waals surface area contributed by atoms with Gasteiger partial charge >= 0.3 is 0 Å². The molecule has 20 heavy (non-hydrogen) atoms. The Hall–Kier alpha value is -0.810. The van der Waals surface area contributed by atoms with Gasteiger partial charge in [-0.15, -0.1) is 12.4 Å². The summed E-state index contributed by atoms with van der Waals surface area (Å²) in [5.41, 5.74) is 6.39. The molecule has 2 rings (SSSR count). The summed E-state index contributed by atoms with van der Waals surface area (Å²) in [6.07, 6.45) is 1.83. The number of ether oxygens (including phenoxy) is 1. The predicted molar refractivity (Wildman–Crippen MR) is 82.6 cm³/mol. The van der Waals surface area contributed by atoms with Crippen molar-refractivity contribution >= 4 is 29.9 Å². The zero-order valence-corrected chi connectivity index (χ0v) is 13.0. The fourth-order valence-corrected chi connectivity index (χ4v) is 2.70. The van der Waals surface area contributed by atoms with Crippen LogP contribution in [0.1, 0.15) is 23.2 Å². The first-order valence-electron chi connectivity index (χ1n) is 6.45. The number of halogens is 2. The van der Waals surface area contributed by atoms with Crippen LogP contribution in [0.25, 0.3) is 0 Å². The third-order valence-electron chi connectivity index (χ3n) is 3.61. The molecule has 0 radical (unpaired) electrons. The average molecular weight is 319 g/mol. The van der Waals surface area contributed by atoms with Crippen LogP contribution < -0.4 is 5.73 Å². The molecule has 0 saturated carbocycles. The fraction of sp³-hybridized carbons (Fsp3) is 0.500. The lowest BCUT2D eigenvalue weighted by Gasteiger charge is -2.38. The van der Waals surface area contributed by atoms with Crippen LogP contribution in [0.3, 0.4) is 0 Å². The van der Waals surface area contributed by atoms with Crippen LogP contribution in [-0.4, -0.2) is 43.2 Å². The number of rotatable bonds is 3. The summed E-state index contributed by atoms with van der Waals surface area (Å²) in [5.74, 6) is -0.00694. The number of hydrogen-bond acceptors (Lipinski definition) is 3.